The smallest absolute Gasteiger partial charge is 0.262 e. The molecule has 30 heavy (non-hydrogen) atoms. The predicted octanol–water partition coefficient (Wildman–Crippen LogP) is 4.48. The zero-order chi connectivity index (χ0) is 21.3. The quantitative estimate of drug-likeness (QED) is 0.514. The summed E-state index contributed by atoms with van der Waals surface area (Å²) in [7, 11) is 0. The summed E-state index contributed by atoms with van der Waals surface area (Å²) in [6.07, 6.45) is 0. The Balaban J connectivity index is 1.39. The minimum atomic E-state index is -0.221. The Morgan fingerprint density at radius 2 is 1.90 bits per heavy atom. The molecule has 0 aliphatic heterocycles. The minimum absolute atomic E-state index is 0.0605. The monoisotopic (exact) mass is 421 g/mol. The molecule has 0 atom stereocenters. The molecule has 0 bridgehead atoms. The van der Waals surface area contributed by atoms with Crippen molar-refractivity contribution in [3.8, 4) is 16.3 Å². The summed E-state index contributed by atoms with van der Waals surface area (Å²) in [5, 5.41) is 16.3. The second kappa shape index (κ2) is 7.87. The van der Waals surface area contributed by atoms with Gasteiger partial charge in [0.15, 0.2) is 12.4 Å². The number of rotatable bonds is 5. The van der Waals surface area contributed by atoms with E-state index in [1.807, 2.05) is 55.5 Å². The SMILES string of the molecule is Cc1nnc2sc(-c3cccc(NC(=O)COc4ccc(C(C)(C)C)cc4)c3)nn12. The Kier molecular flexibility index (Phi) is 5.26. The van der Waals surface area contributed by atoms with Crippen molar-refractivity contribution >= 4 is 27.9 Å². The van der Waals surface area contributed by atoms with Gasteiger partial charge in [-0.2, -0.15) is 9.61 Å². The van der Waals surface area contributed by atoms with Gasteiger partial charge in [-0.1, -0.05) is 56.4 Å². The number of carbonyl (C=O) groups is 1. The Hall–Kier alpha value is -3.26. The highest BCUT2D eigenvalue weighted by atomic mass is 32.1. The fraction of sp³-hybridized carbons (Fsp3) is 0.273. The number of aromatic nitrogens is 4. The Labute approximate surface area is 178 Å². The van der Waals surface area contributed by atoms with Gasteiger partial charge in [0.2, 0.25) is 4.96 Å². The first kappa shape index (κ1) is 20.0. The fourth-order valence-electron chi connectivity index (χ4n) is 2.96. The lowest BCUT2D eigenvalue weighted by atomic mass is 9.87. The van der Waals surface area contributed by atoms with Gasteiger partial charge in [-0.3, -0.25) is 4.79 Å². The van der Waals surface area contributed by atoms with Gasteiger partial charge in [0.25, 0.3) is 5.91 Å². The number of aryl methyl sites for hydroxylation is 1. The first-order valence-corrected chi connectivity index (χ1v) is 10.4. The summed E-state index contributed by atoms with van der Waals surface area (Å²) in [6, 6.07) is 15.4. The number of anilines is 1. The molecule has 1 amide bonds. The molecular formula is C22H23N5O2S. The molecule has 0 saturated heterocycles. The van der Waals surface area contributed by atoms with Crippen LogP contribution in [0.3, 0.4) is 0 Å². The van der Waals surface area contributed by atoms with Crippen LogP contribution in [0.15, 0.2) is 48.5 Å². The van der Waals surface area contributed by atoms with E-state index in [2.05, 4.69) is 41.4 Å². The largest absolute Gasteiger partial charge is 0.484 e. The number of fused-ring (bicyclic) bond motifs is 1. The van der Waals surface area contributed by atoms with Crippen LogP contribution in [0.25, 0.3) is 15.5 Å². The highest BCUT2D eigenvalue weighted by Crippen LogP contribution is 2.27. The van der Waals surface area contributed by atoms with Crippen LogP contribution in [0.4, 0.5) is 5.69 Å². The summed E-state index contributed by atoms with van der Waals surface area (Å²) >= 11 is 1.45. The second-order valence-electron chi connectivity index (χ2n) is 8.04. The lowest BCUT2D eigenvalue weighted by molar-refractivity contribution is -0.118. The molecule has 2 heterocycles. The molecule has 0 aliphatic carbocycles. The van der Waals surface area contributed by atoms with E-state index >= 15 is 0 Å². The number of carbonyl (C=O) groups excluding carboxylic acids is 1. The molecular weight excluding hydrogens is 398 g/mol. The second-order valence-corrected chi connectivity index (χ2v) is 9.00. The average molecular weight is 422 g/mol. The summed E-state index contributed by atoms with van der Waals surface area (Å²) in [5.74, 6) is 1.19. The zero-order valence-electron chi connectivity index (χ0n) is 17.3. The maximum atomic E-state index is 12.3. The molecule has 4 aromatic rings. The summed E-state index contributed by atoms with van der Waals surface area (Å²) in [5.41, 5.74) is 2.89. The van der Waals surface area contributed by atoms with Gasteiger partial charge >= 0.3 is 0 Å². The van der Waals surface area contributed by atoms with E-state index in [0.29, 0.717) is 11.4 Å². The normalized spacial score (nSPS) is 11.6. The van der Waals surface area contributed by atoms with Crippen molar-refractivity contribution in [1.29, 1.82) is 0 Å². The third-order valence-electron chi connectivity index (χ3n) is 4.63. The number of hydrogen-bond donors (Lipinski definition) is 1. The van der Waals surface area contributed by atoms with Crippen molar-refractivity contribution in [2.75, 3.05) is 11.9 Å². The van der Waals surface area contributed by atoms with Crippen molar-refractivity contribution in [1.82, 2.24) is 19.8 Å². The Bertz CT molecular complexity index is 1190. The van der Waals surface area contributed by atoms with Gasteiger partial charge in [0.1, 0.15) is 10.8 Å². The topological polar surface area (TPSA) is 81.4 Å². The molecule has 2 aromatic carbocycles. The third-order valence-corrected chi connectivity index (χ3v) is 5.58. The van der Waals surface area contributed by atoms with Crippen molar-refractivity contribution in [2.45, 2.75) is 33.1 Å². The van der Waals surface area contributed by atoms with Crippen LogP contribution in [0.2, 0.25) is 0 Å². The molecule has 8 heteroatoms. The third kappa shape index (κ3) is 4.33. The molecule has 0 saturated carbocycles. The van der Waals surface area contributed by atoms with Gasteiger partial charge in [-0.05, 0) is 42.2 Å². The van der Waals surface area contributed by atoms with Gasteiger partial charge in [-0.25, -0.2) is 0 Å². The van der Waals surface area contributed by atoms with Crippen molar-refractivity contribution in [3.05, 3.63) is 59.9 Å². The van der Waals surface area contributed by atoms with Crippen LogP contribution in [-0.2, 0) is 10.2 Å². The minimum Gasteiger partial charge on any atom is -0.484 e. The van der Waals surface area contributed by atoms with Gasteiger partial charge in [-0.15, -0.1) is 10.2 Å². The maximum Gasteiger partial charge on any atom is 0.262 e. The summed E-state index contributed by atoms with van der Waals surface area (Å²) in [4.78, 5) is 13.1. The molecule has 7 nitrogen and oxygen atoms in total. The first-order valence-electron chi connectivity index (χ1n) is 9.62. The first-order chi connectivity index (χ1) is 14.3. The number of amides is 1. The number of hydrogen-bond acceptors (Lipinski definition) is 6. The zero-order valence-corrected chi connectivity index (χ0v) is 18.2. The van der Waals surface area contributed by atoms with Crippen LogP contribution >= 0.6 is 11.3 Å². The molecule has 4 rings (SSSR count). The molecule has 0 aliphatic rings. The van der Waals surface area contributed by atoms with E-state index in [4.69, 9.17) is 4.74 Å². The Morgan fingerprint density at radius 3 is 2.60 bits per heavy atom. The van der Waals surface area contributed by atoms with Crippen LogP contribution < -0.4 is 10.1 Å². The molecule has 154 valence electrons. The number of benzene rings is 2. The number of nitrogens with zero attached hydrogens (tertiary/aromatic N) is 4. The highest BCUT2D eigenvalue weighted by molar-refractivity contribution is 7.19. The molecule has 0 fully saturated rings. The van der Waals surface area contributed by atoms with Crippen LogP contribution in [0, 0.1) is 6.92 Å². The van der Waals surface area contributed by atoms with E-state index in [1.165, 1.54) is 16.9 Å². The van der Waals surface area contributed by atoms with E-state index in [9.17, 15) is 4.79 Å². The fourth-order valence-corrected chi connectivity index (χ4v) is 3.84. The van der Waals surface area contributed by atoms with Gasteiger partial charge in [0.05, 0.1) is 0 Å². The van der Waals surface area contributed by atoms with Crippen molar-refractivity contribution in [2.24, 2.45) is 0 Å². The number of nitrogens with one attached hydrogen (secondary N) is 1. The molecule has 0 spiro atoms. The lowest BCUT2D eigenvalue weighted by Gasteiger charge is -2.19. The maximum absolute atomic E-state index is 12.3. The van der Waals surface area contributed by atoms with Crippen LogP contribution in [0.5, 0.6) is 5.75 Å². The average Bonchev–Trinajstić information content (AvgIpc) is 3.28. The molecule has 0 radical (unpaired) electrons. The highest BCUT2D eigenvalue weighted by Gasteiger charge is 2.14. The van der Waals surface area contributed by atoms with Crippen LogP contribution in [-0.4, -0.2) is 32.3 Å². The van der Waals surface area contributed by atoms with Crippen molar-refractivity contribution in [3.63, 3.8) is 0 Å². The van der Waals surface area contributed by atoms with E-state index in [-0.39, 0.29) is 17.9 Å². The van der Waals surface area contributed by atoms with Gasteiger partial charge in [0, 0.05) is 11.3 Å². The Morgan fingerprint density at radius 1 is 1.13 bits per heavy atom. The standard InChI is InChI=1S/C22H23N5O2S/c1-14-24-25-21-27(14)26-20(30-21)15-6-5-7-17(12-15)23-19(28)13-29-18-10-8-16(9-11-18)22(2,3)4/h5-12H,13H2,1-4H3,(H,23,28). The predicted molar refractivity (Wildman–Crippen MR) is 118 cm³/mol. The van der Waals surface area contributed by atoms with E-state index in [0.717, 1.165) is 21.4 Å². The summed E-state index contributed by atoms with van der Waals surface area (Å²) < 4.78 is 7.34. The molecule has 0 unspecified atom stereocenters. The van der Waals surface area contributed by atoms with E-state index in [1.54, 1.807) is 4.52 Å². The molecule has 2 aromatic heterocycles. The van der Waals surface area contributed by atoms with Crippen LogP contribution in [0.1, 0.15) is 32.2 Å². The van der Waals surface area contributed by atoms with Gasteiger partial charge < -0.3 is 10.1 Å². The summed E-state index contributed by atoms with van der Waals surface area (Å²) in [6.45, 7) is 8.27. The number of ether oxygens (including phenoxy) is 1. The molecule has 1 N–H and O–H groups in total. The lowest BCUT2D eigenvalue weighted by Crippen LogP contribution is -2.20. The van der Waals surface area contributed by atoms with Crippen molar-refractivity contribution < 1.29 is 9.53 Å². The van der Waals surface area contributed by atoms with E-state index < -0.39 is 0 Å².